The summed E-state index contributed by atoms with van der Waals surface area (Å²) in [4.78, 5) is 10.9. The highest BCUT2D eigenvalue weighted by Gasteiger charge is 2.19. The van der Waals surface area contributed by atoms with Crippen molar-refractivity contribution in [3.8, 4) is 0 Å². The van der Waals surface area contributed by atoms with E-state index in [1.54, 1.807) is 12.4 Å². The zero-order chi connectivity index (χ0) is 12.3. The van der Waals surface area contributed by atoms with Gasteiger partial charge in [0.2, 0.25) is 0 Å². The minimum Gasteiger partial charge on any atom is -0.388 e. The summed E-state index contributed by atoms with van der Waals surface area (Å²) in [7, 11) is 2.03. The molecule has 0 spiro atoms. The number of thiocarbonyl (C=S) groups is 1. The molecule has 1 aliphatic heterocycles. The largest absolute Gasteiger partial charge is 0.388 e. The van der Waals surface area contributed by atoms with Crippen LogP contribution in [0.5, 0.6) is 0 Å². The lowest BCUT2D eigenvalue weighted by atomic mass is 10.1. The van der Waals surface area contributed by atoms with E-state index < -0.39 is 0 Å². The minimum atomic E-state index is 0.276. The van der Waals surface area contributed by atoms with Crippen LogP contribution in [0, 0.1) is 0 Å². The molecule has 0 bridgehead atoms. The van der Waals surface area contributed by atoms with Gasteiger partial charge in [-0.15, -0.1) is 0 Å². The second-order valence-electron chi connectivity index (χ2n) is 4.08. The highest BCUT2D eigenvalue weighted by atomic mass is 32.1. The Kier molecular flexibility index (Phi) is 3.86. The van der Waals surface area contributed by atoms with Gasteiger partial charge in [0, 0.05) is 26.3 Å². The zero-order valence-electron chi connectivity index (χ0n) is 9.80. The molecule has 92 valence electrons. The lowest BCUT2D eigenvalue weighted by Crippen LogP contribution is -2.37. The normalized spacial score (nSPS) is 16.8. The van der Waals surface area contributed by atoms with Crippen molar-refractivity contribution in [1.29, 1.82) is 0 Å². The molecule has 0 atom stereocenters. The van der Waals surface area contributed by atoms with Crippen LogP contribution in [0.2, 0.25) is 0 Å². The molecule has 0 aromatic carbocycles. The molecule has 0 amide bonds. The second kappa shape index (κ2) is 5.37. The molecule has 0 unspecified atom stereocenters. The van der Waals surface area contributed by atoms with Crippen molar-refractivity contribution in [2.75, 3.05) is 25.2 Å². The third-order valence-corrected chi connectivity index (χ3v) is 3.20. The van der Waals surface area contributed by atoms with Crippen molar-refractivity contribution < 1.29 is 4.74 Å². The summed E-state index contributed by atoms with van der Waals surface area (Å²) in [6.07, 6.45) is 5.38. The average molecular weight is 252 g/mol. The number of hydrogen-bond donors (Lipinski definition) is 1. The molecule has 1 aromatic rings. The zero-order valence-corrected chi connectivity index (χ0v) is 10.6. The Hall–Kier alpha value is -1.27. The number of anilines is 1. The van der Waals surface area contributed by atoms with E-state index in [-0.39, 0.29) is 4.99 Å². The molecule has 6 heteroatoms. The maximum absolute atomic E-state index is 5.48. The van der Waals surface area contributed by atoms with Crippen LogP contribution in [-0.2, 0) is 4.74 Å². The summed E-state index contributed by atoms with van der Waals surface area (Å²) in [6, 6.07) is 0.466. The Bertz CT molecular complexity index is 389. The molecule has 0 aliphatic carbocycles. The highest BCUT2D eigenvalue weighted by Crippen LogP contribution is 2.18. The van der Waals surface area contributed by atoms with E-state index >= 15 is 0 Å². The van der Waals surface area contributed by atoms with Crippen molar-refractivity contribution in [3.63, 3.8) is 0 Å². The van der Waals surface area contributed by atoms with Gasteiger partial charge in [-0.3, -0.25) is 0 Å². The Morgan fingerprint density at radius 3 is 2.65 bits per heavy atom. The van der Waals surface area contributed by atoms with Gasteiger partial charge in [-0.25, -0.2) is 9.97 Å². The van der Waals surface area contributed by atoms with Crippen LogP contribution in [0.3, 0.4) is 0 Å². The van der Waals surface area contributed by atoms with Crippen molar-refractivity contribution in [1.82, 2.24) is 9.97 Å². The summed E-state index contributed by atoms with van der Waals surface area (Å²) < 4.78 is 5.34. The van der Waals surface area contributed by atoms with Crippen LogP contribution >= 0.6 is 12.2 Å². The first-order chi connectivity index (χ1) is 8.18. The van der Waals surface area contributed by atoms with Crippen molar-refractivity contribution >= 4 is 23.0 Å². The number of nitrogens with two attached hydrogens (primary N) is 1. The predicted molar refractivity (Wildman–Crippen MR) is 70.2 cm³/mol. The van der Waals surface area contributed by atoms with Crippen LogP contribution in [0.1, 0.15) is 18.5 Å². The van der Waals surface area contributed by atoms with Gasteiger partial charge in [-0.2, -0.15) is 0 Å². The molecule has 1 fully saturated rings. The Morgan fingerprint density at radius 1 is 1.41 bits per heavy atom. The first kappa shape index (κ1) is 12.2. The molecule has 0 saturated carbocycles. The topological polar surface area (TPSA) is 64.3 Å². The summed E-state index contributed by atoms with van der Waals surface area (Å²) >= 11 is 4.84. The van der Waals surface area contributed by atoms with Gasteiger partial charge in [0.1, 0.15) is 16.5 Å². The minimum absolute atomic E-state index is 0.276. The Morgan fingerprint density at radius 2 is 2.12 bits per heavy atom. The molecule has 17 heavy (non-hydrogen) atoms. The Balaban J connectivity index is 2.07. The van der Waals surface area contributed by atoms with E-state index in [0.29, 0.717) is 11.7 Å². The van der Waals surface area contributed by atoms with E-state index in [1.165, 1.54) is 0 Å². The quantitative estimate of drug-likeness (QED) is 0.800. The molecule has 1 saturated heterocycles. The van der Waals surface area contributed by atoms with Crippen LogP contribution < -0.4 is 10.6 Å². The second-order valence-corrected chi connectivity index (χ2v) is 4.52. The first-order valence-electron chi connectivity index (χ1n) is 5.61. The molecule has 5 nitrogen and oxygen atoms in total. The van der Waals surface area contributed by atoms with Crippen molar-refractivity contribution in [2.24, 2.45) is 5.73 Å². The molecule has 2 rings (SSSR count). The van der Waals surface area contributed by atoms with Gasteiger partial charge in [-0.05, 0) is 12.8 Å². The van der Waals surface area contributed by atoms with Crippen LogP contribution in [0.25, 0.3) is 0 Å². The predicted octanol–water partition coefficient (Wildman–Crippen LogP) is 0.726. The van der Waals surface area contributed by atoms with E-state index in [9.17, 15) is 0 Å². The third kappa shape index (κ3) is 2.89. The van der Waals surface area contributed by atoms with Gasteiger partial charge in [0.05, 0.1) is 12.4 Å². The number of aromatic nitrogens is 2. The van der Waals surface area contributed by atoms with Gasteiger partial charge in [0.15, 0.2) is 0 Å². The maximum Gasteiger partial charge on any atom is 0.147 e. The highest BCUT2D eigenvalue weighted by molar-refractivity contribution is 7.80. The summed E-state index contributed by atoms with van der Waals surface area (Å²) in [6.45, 7) is 1.63. The molecule has 0 radical (unpaired) electrons. The third-order valence-electron chi connectivity index (χ3n) is 2.99. The van der Waals surface area contributed by atoms with Crippen LogP contribution in [-0.4, -0.2) is 41.3 Å². The smallest absolute Gasteiger partial charge is 0.147 e. The number of ether oxygens (including phenoxy) is 1. The van der Waals surface area contributed by atoms with Crippen LogP contribution in [0.4, 0.5) is 5.82 Å². The van der Waals surface area contributed by atoms with E-state index in [4.69, 9.17) is 22.7 Å². The number of hydrogen-bond acceptors (Lipinski definition) is 5. The van der Waals surface area contributed by atoms with Gasteiger partial charge < -0.3 is 15.4 Å². The van der Waals surface area contributed by atoms with Gasteiger partial charge >= 0.3 is 0 Å². The number of rotatable bonds is 3. The van der Waals surface area contributed by atoms with Gasteiger partial charge in [0.25, 0.3) is 0 Å². The van der Waals surface area contributed by atoms with E-state index in [1.807, 2.05) is 7.05 Å². The summed E-state index contributed by atoms with van der Waals surface area (Å²) in [5.41, 5.74) is 6.04. The van der Waals surface area contributed by atoms with Crippen molar-refractivity contribution in [3.05, 3.63) is 18.1 Å². The fraction of sp³-hybridized carbons (Fsp3) is 0.545. The van der Waals surface area contributed by atoms with Crippen LogP contribution in [0.15, 0.2) is 12.4 Å². The van der Waals surface area contributed by atoms with E-state index in [2.05, 4.69) is 14.9 Å². The Labute approximate surface area is 106 Å². The summed E-state index contributed by atoms with van der Waals surface area (Å²) in [5.74, 6) is 0.844. The fourth-order valence-corrected chi connectivity index (χ4v) is 2.00. The first-order valence-corrected chi connectivity index (χ1v) is 6.01. The molecule has 2 heterocycles. The SMILES string of the molecule is CN(c1cnc(C(N)=S)cn1)C1CCOCC1. The van der Waals surface area contributed by atoms with E-state index in [0.717, 1.165) is 31.9 Å². The van der Waals surface area contributed by atoms with Crippen molar-refractivity contribution in [2.45, 2.75) is 18.9 Å². The lowest BCUT2D eigenvalue weighted by molar-refractivity contribution is 0.0853. The molecule has 1 aliphatic rings. The number of nitrogens with zero attached hydrogens (tertiary/aromatic N) is 3. The lowest BCUT2D eigenvalue weighted by Gasteiger charge is -2.31. The molecule has 1 aromatic heterocycles. The molecular weight excluding hydrogens is 236 g/mol. The van der Waals surface area contributed by atoms with Gasteiger partial charge in [-0.1, -0.05) is 12.2 Å². The fourth-order valence-electron chi connectivity index (χ4n) is 1.89. The summed E-state index contributed by atoms with van der Waals surface area (Å²) in [5, 5.41) is 0. The standard InChI is InChI=1S/C11H16N4OS/c1-15(8-2-4-16-5-3-8)10-7-13-9(6-14-10)11(12)17/h6-8H,2-5H2,1H3,(H2,12,17). The average Bonchev–Trinajstić information content (AvgIpc) is 2.39. The molecular formula is C11H16N4OS. The maximum atomic E-state index is 5.48. The monoisotopic (exact) mass is 252 g/mol. The molecule has 2 N–H and O–H groups in total.